The van der Waals surface area contributed by atoms with Gasteiger partial charge in [-0.2, -0.15) is 11.8 Å². The van der Waals surface area contributed by atoms with Crippen molar-refractivity contribution in [1.82, 2.24) is 0 Å². The Hall–Kier alpha value is -1.07. The van der Waals surface area contributed by atoms with E-state index in [4.69, 9.17) is 4.74 Å². The minimum absolute atomic E-state index is 0.0100. The molecule has 1 heterocycles. The predicted octanol–water partition coefficient (Wildman–Crippen LogP) is 4.61. The second-order valence-electron chi connectivity index (χ2n) is 10.8. The van der Waals surface area contributed by atoms with Gasteiger partial charge in [-0.15, -0.1) is 0 Å². The number of carbonyl (C=O) groups is 2. The van der Waals surface area contributed by atoms with Crippen LogP contribution in [0.25, 0.3) is 0 Å². The molecule has 3 unspecified atom stereocenters. The molecule has 1 saturated heterocycles. The minimum Gasteiger partial charge on any atom is -0.458 e. The molecule has 0 amide bonds. The number of carbonyl (C=O) groups excluding carboxylic acids is 2. The van der Waals surface area contributed by atoms with Gasteiger partial charge in [-0.1, -0.05) is 31.1 Å². The lowest BCUT2D eigenvalue weighted by molar-refractivity contribution is -0.160. The number of hydrogen-bond acceptors (Lipinski definition) is 5. The molecule has 1 spiro atoms. The fourth-order valence-electron chi connectivity index (χ4n) is 7.52. The monoisotopic (exact) mass is 430 g/mol. The summed E-state index contributed by atoms with van der Waals surface area (Å²) in [5, 5.41) is 10.3. The molecule has 30 heavy (non-hydrogen) atoms. The highest BCUT2D eigenvalue weighted by atomic mass is 32.2. The van der Waals surface area contributed by atoms with Crippen molar-refractivity contribution in [3.05, 3.63) is 23.3 Å². The molecule has 0 radical (unpaired) electrons. The number of ketones is 1. The SMILES string of the molecule is CC(O)CS[C@@H]1CC2=CC(=O)CC[C@]2(C)C2=CC[C@@]3(C)C(CC[C@@]34CCC(=O)O4)C21. The molecule has 164 valence electrons. The maximum absolute atomic E-state index is 12.2. The molecule has 4 nitrogen and oxygen atoms in total. The van der Waals surface area contributed by atoms with Gasteiger partial charge in [0, 0.05) is 34.7 Å². The van der Waals surface area contributed by atoms with Crippen molar-refractivity contribution in [2.75, 3.05) is 5.75 Å². The van der Waals surface area contributed by atoms with Crippen LogP contribution in [0.15, 0.2) is 23.3 Å². The van der Waals surface area contributed by atoms with Crippen LogP contribution in [0.5, 0.6) is 0 Å². The Bertz CT molecular complexity index is 844. The quantitative estimate of drug-likeness (QED) is 0.523. The van der Waals surface area contributed by atoms with Gasteiger partial charge in [0.1, 0.15) is 5.60 Å². The zero-order valence-corrected chi connectivity index (χ0v) is 19.2. The van der Waals surface area contributed by atoms with E-state index in [1.54, 1.807) is 0 Å². The summed E-state index contributed by atoms with van der Waals surface area (Å²) in [7, 11) is 0. The molecule has 0 bridgehead atoms. The average molecular weight is 431 g/mol. The van der Waals surface area contributed by atoms with E-state index in [9.17, 15) is 14.7 Å². The van der Waals surface area contributed by atoms with Crippen LogP contribution in [0.4, 0.5) is 0 Å². The second-order valence-corrected chi connectivity index (χ2v) is 12.1. The number of aliphatic hydroxyl groups excluding tert-OH is 1. The van der Waals surface area contributed by atoms with Crippen molar-refractivity contribution in [3.8, 4) is 0 Å². The first kappa shape index (κ1) is 20.8. The van der Waals surface area contributed by atoms with E-state index in [0.717, 1.165) is 44.3 Å². The summed E-state index contributed by atoms with van der Waals surface area (Å²) in [5.41, 5.74) is 2.51. The maximum atomic E-state index is 12.2. The van der Waals surface area contributed by atoms with Gasteiger partial charge in [-0.25, -0.2) is 0 Å². The molecule has 4 aliphatic carbocycles. The van der Waals surface area contributed by atoms with E-state index in [0.29, 0.717) is 29.9 Å². The molecule has 7 atom stereocenters. The molecule has 0 aromatic carbocycles. The molecule has 1 aliphatic heterocycles. The normalized spacial score (nSPS) is 45.9. The summed E-state index contributed by atoms with van der Waals surface area (Å²) >= 11 is 1.88. The first-order valence-electron chi connectivity index (χ1n) is 11.6. The van der Waals surface area contributed by atoms with Gasteiger partial charge >= 0.3 is 5.97 Å². The molecule has 0 aromatic rings. The van der Waals surface area contributed by atoms with Crippen LogP contribution in [0.2, 0.25) is 0 Å². The Kier molecular flexibility index (Phi) is 4.83. The lowest BCUT2D eigenvalue weighted by Crippen LogP contribution is -2.53. The fraction of sp³-hybridized carbons (Fsp3) is 0.760. The standard InChI is InChI=1S/C25H34O4S/c1-15(26)14-30-20-13-16-12-17(27)4-8-23(16,2)18-5-9-24(3)19(22(18)20)6-10-25(24)11-7-21(28)29-25/h5,12,15,19-20,22,26H,4,6-11,13-14H2,1-3H3/t15?,19?,20-,22?,23+,24+,25-/m1/s1. The fourth-order valence-corrected chi connectivity index (χ4v) is 8.88. The molecule has 5 heteroatoms. The highest BCUT2D eigenvalue weighted by molar-refractivity contribution is 8.00. The maximum Gasteiger partial charge on any atom is 0.306 e. The predicted molar refractivity (Wildman–Crippen MR) is 118 cm³/mol. The lowest BCUT2D eigenvalue weighted by atomic mass is 9.50. The summed E-state index contributed by atoms with van der Waals surface area (Å²) in [5.74, 6) is 1.88. The number of rotatable bonds is 3. The van der Waals surface area contributed by atoms with Gasteiger partial charge in [-0.3, -0.25) is 9.59 Å². The van der Waals surface area contributed by atoms with Crippen molar-refractivity contribution in [1.29, 1.82) is 0 Å². The highest BCUT2D eigenvalue weighted by Crippen LogP contribution is 2.69. The second kappa shape index (κ2) is 6.96. The van der Waals surface area contributed by atoms with Crippen molar-refractivity contribution >= 4 is 23.5 Å². The van der Waals surface area contributed by atoms with E-state index in [1.807, 2.05) is 24.8 Å². The van der Waals surface area contributed by atoms with E-state index in [2.05, 4.69) is 19.9 Å². The van der Waals surface area contributed by atoms with Crippen LogP contribution in [-0.2, 0) is 14.3 Å². The van der Waals surface area contributed by atoms with E-state index in [-0.39, 0.29) is 34.3 Å². The van der Waals surface area contributed by atoms with Gasteiger partial charge in [-0.05, 0) is 63.4 Å². The Labute approximate surface area is 183 Å². The van der Waals surface area contributed by atoms with Crippen LogP contribution in [-0.4, -0.2) is 39.6 Å². The summed E-state index contributed by atoms with van der Waals surface area (Å²) in [4.78, 5) is 24.3. The number of ether oxygens (including phenoxy) is 1. The van der Waals surface area contributed by atoms with E-state index >= 15 is 0 Å². The van der Waals surface area contributed by atoms with Gasteiger partial charge < -0.3 is 9.84 Å². The molecule has 2 saturated carbocycles. The number of thioether (sulfide) groups is 1. The third-order valence-electron chi connectivity index (χ3n) is 9.22. The number of fused-ring (bicyclic) bond motifs is 6. The van der Waals surface area contributed by atoms with E-state index in [1.165, 1.54) is 11.1 Å². The molecule has 5 aliphatic rings. The highest BCUT2D eigenvalue weighted by Gasteiger charge is 2.66. The van der Waals surface area contributed by atoms with Crippen molar-refractivity contribution in [2.45, 2.75) is 89.1 Å². The van der Waals surface area contributed by atoms with Crippen LogP contribution < -0.4 is 0 Å². The van der Waals surface area contributed by atoms with Gasteiger partial charge in [0.15, 0.2) is 5.78 Å². The average Bonchev–Trinajstić information content (AvgIpc) is 3.21. The molecule has 5 rings (SSSR count). The topological polar surface area (TPSA) is 63.6 Å². The van der Waals surface area contributed by atoms with Crippen molar-refractivity contribution in [3.63, 3.8) is 0 Å². The van der Waals surface area contributed by atoms with Gasteiger partial charge in [0.05, 0.1) is 6.10 Å². The lowest BCUT2D eigenvalue weighted by Gasteiger charge is -2.57. The molecule has 1 N–H and O–H groups in total. The number of allylic oxidation sites excluding steroid dienone is 4. The van der Waals surface area contributed by atoms with Gasteiger partial charge in [0.25, 0.3) is 0 Å². The Morgan fingerprint density at radius 3 is 2.73 bits per heavy atom. The van der Waals surface area contributed by atoms with Crippen molar-refractivity contribution < 1.29 is 19.4 Å². The Morgan fingerprint density at radius 1 is 1.23 bits per heavy atom. The summed E-state index contributed by atoms with van der Waals surface area (Å²) in [6, 6.07) is 0. The summed E-state index contributed by atoms with van der Waals surface area (Å²) < 4.78 is 6.07. The molecular formula is C25H34O4S. The summed E-state index contributed by atoms with van der Waals surface area (Å²) in [6.45, 7) is 6.57. The van der Waals surface area contributed by atoms with Crippen LogP contribution in [0.1, 0.15) is 72.1 Å². The Balaban J connectivity index is 1.57. The summed E-state index contributed by atoms with van der Waals surface area (Å²) in [6.07, 6.45) is 11.0. The van der Waals surface area contributed by atoms with Crippen LogP contribution in [0, 0.1) is 22.7 Å². The number of esters is 1. The van der Waals surface area contributed by atoms with Gasteiger partial charge in [0.2, 0.25) is 0 Å². The first-order valence-corrected chi connectivity index (χ1v) is 12.7. The largest absolute Gasteiger partial charge is 0.458 e. The molecule has 3 fully saturated rings. The smallest absolute Gasteiger partial charge is 0.306 e. The van der Waals surface area contributed by atoms with Crippen molar-refractivity contribution in [2.24, 2.45) is 22.7 Å². The zero-order valence-electron chi connectivity index (χ0n) is 18.4. The minimum atomic E-state index is -0.335. The number of aliphatic hydroxyl groups is 1. The first-order chi connectivity index (χ1) is 14.2. The van der Waals surface area contributed by atoms with Crippen LogP contribution >= 0.6 is 11.8 Å². The Morgan fingerprint density at radius 2 is 2.03 bits per heavy atom. The third-order valence-corrected chi connectivity index (χ3v) is 10.8. The number of hydrogen-bond donors (Lipinski definition) is 1. The zero-order chi connectivity index (χ0) is 21.3. The molecule has 0 aromatic heterocycles. The van der Waals surface area contributed by atoms with Crippen LogP contribution in [0.3, 0.4) is 0 Å². The van der Waals surface area contributed by atoms with E-state index < -0.39 is 0 Å². The third kappa shape index (κ3) is 2.83. The molecular weight excluding hydrogens is 396 g/mol.